The van der Waals surface area contributed by atoms with Crippen molar-refractivity contribution in [1.29, 1.82) is 0 Å². The summed E-state index contributed by atoms with van der Waals surface area (Å²) < 4.78 is 10.3. The van der Waals surface area contributed by atoms with Crippen LogP contribution in [0.2, 0.25) is 0 Å². The topological polar surface area (TPSA) is 25.8 Å². The number of benzene rings is 5. The van der Waals surface area contributed by atoms with Crippen molar-refractivity contribution in [3.05, 3.63) is 215 Å². The Morgan fingerprint density at radius 2 is 0.526 bits per heavy atom. The summed E-state index contributed by atoms with van der Waals surface area (Å²) in [6, 6.07) is 70.6. The van der Waals surface area contributed by atoms with Gasteiger partial charge in [0.1, 0.15) is 11.0 Å². The van der Waals surface area contributed by atoms with Crippen LogP contribution in [0.5, 0.6) is 0 Å². The van der Waals surface area contributed by atoms with E-state index >= 15 is 0 Å². The fourth-order valence-electron chi connectivity index (χ4n) is 13.4. The van der Waals surface area contributed by atoms with Gasteiger partial charge >= 0.3 is 0 Å². The van der Waals surface area contributed by atoms with Gasteiger partial charge in [-0.25, -0.2) is 0 Å². The Morgan fingerprint density at radius 1 is 0.237 bits per heavy atom. The van der Waals surface area contributed by atoms with Gasteiger partial charge in [-0.05, 0) is 179 Å². The van der Waals surface area contributed by atoms with Crippen molar-refractivity contribution in [2.75, 3.05) is 0 Å². The van der Waals surface area contributed by atoms with Gasteiger partial charge in [-0.15, -0.1) is 90.7 Å². The van der Waals surface area contributed by atoms with Gasteiger partial charge in [-0.1, -0.05) is 214 Å². The van der Waals surface area contributed by atoms with Crippen LogP contribution in [0, 0.1) is 0 Å². The maximum Gasteiger partial charge on any atom is 0.114 e. The maximum absolute atomic E-state index is 5.17. The van der Waals surface area contributed by atoms with Gasteiger partial charge in [-0.2, -0.15) is 8.75 Å². The number of thiophene rings is 8. The van der Waals surface area contributed by atoms with Crippen LogP contribution < -0.4 is 0 Å². The first kappa shape index (κ1) is 67.7. The van der Waals surface area contributed by atoms with E-state index in [4.69, 9.17) is 8.75 Å². The summed E-state index contributed by atoms with van der Waals surface area (Å²) in [6.45, 7) is 9.15. The molecule has 0 fully saturated rings. The quantitative estimate of drug-likeness (QED) is 0.0393. The Balaban J connectivity index is 0.771. The van der Waals surface area contributed by atoms with Gasteiger partial charge < -0.3 is 0 Å². The minimum atomic E-state index is 0.966. The second-order valence-corrected chi connectivity index (χ2v) is 34.6. The number of hydrogen-bond donors (Lipinski definition) is 0. The Hall–Kier alpha value is -6.48. The van der Waals surface area contributed by atoms with Crippen LogP contribution in [0.15, 0.2) is 193 Å². The molecule has 9 aromatic heterocycles. The van der Waals surface area contributed by atoms with E-state index in [1.165, 1.54) is 250 Å². The zero-order valence-corrected chi connectivity index (χ0v) is 63.5. The van der Waals surface area contributed by atoms with E-state index in [1.54, 1.807) is 0 Å². The number of fused-ring (bicyclic) bond motifs is 1. The molecule has 11 heteroatoms. The Morgan fingerprint density at radius 3 is 0.835 bits per heavy atom. The number of rotatable bonds is 32. The van der Waals surface area contributed by atoms with Crippen LogP contribution in [0.4, 0.5) is 0 Å². The molecule has 492 valence electrons. The lowest BCUT2D eigenvalue weighted by Gasteiger charge is -2.06. The Bertz CT molecular complexity index is 4510. The molecule has 0 atom stereocenters. The van der Waals surface area contributed by atoms with Crippen LogP contribution in [0.25, 0.3) is 135 Å². The van der Waals surface area contributed by atoms with Gasteiger partial charge in [0.05, 0.1) is 31.2 Å². The summed E-state index contributed by atoms with van der Waals surface area (Å²) in [6.07, 6.45) is 25.0. The third kappa shape index (κ3) is 15.8. The van der Waals surface area contributed by atoms with E-state index in [0.29, 0.717) is 0 Å². The van der Waals surface area contributed by atoms with Crippen LogP contribution in [-0.2, 0) is 25.7 Å². The summed E-state index contributed by atoms with van der Waals surface area (Å²) in [5.41, 5.74) is 20.2. The van der Waals surface area contributed by atoms with E-state index < -0.39 is 0 Å². The van der Waals surface area contributed by atoms with Crippen molar-refractivity contribution in [3.63, 3.8) is 0 Å². The number of hydrogen-bond acceptors (Lipinski definition) is 11. The second kappa shape index (κ2) is 32.7. The first-order valence-electron chi connectivity index (χ1n) is 35.4. The predicted octanol–water partition coefficient (Wildman–Crippen LogP) is 30.7. The van der Waals surface area contributed by atoms with Gasteiger partial charge in [0.2, 0.25) is 0 Å². The summed E-state index contributed by atoms with van der Waals surface area (Å²) in [5, 5.41) is 4.51. The van der Waals surface area contributed by atoms with E-state index in [1.807, 2.05) is 90.7 Å². The third-order valence-electron chi connectivity index (χ3n) is 18.9. The van der Waals surface area contributed by atoms with Gasteiger partial charge in [-0.3, -0.25) is 0 Å². The second-order valence-electron chi connectivity index (χ2n) is 25.8. The fourth-order valence-corrected chi connectivity index (χ4v) is 22.9. The van der Waals surface area contributed by atoms with Crippen molar-refractivity contribution in [1.82, 2.24) is 8.75 Å². The van der Waals surface area contributed by atoms with Crippen LogP contribution >= 0.6 is 102 Å². The molecule has 0 aliphatic rings. The number of unbranched alkanes of at least 4 members (excludes halogenated alkanes) is 12. The molecule has 0 saturated heterocycles. The van der Waals surface area contributed by atoms with Gasteiger partial charge in [0, 0.05) is 82.2 Å². The standard InChI is InChI=1S/C86H84N2S9/c1-5-9-13-17-21-57-25-33-61(34-26-57)65-51-53-89-83(65)75-47-43-71(91-75)73-45-49-77(93-73)85-69(63-37-29-59(30-38-63)23-19-15-11-7-3)55-79(95-85)67-41-42-68(82-81(67)87-97-88-82)80-56-70(64-39-31-60(32-40-64)24-20-16-12-8-4)86(96-80)78-50-46-74(94-78)72-44-48-76(92-72)84-66(52-54-90-84)62-35-27-58(28-36-62)22-18-14-10-6-2/h25-56H,5-24H2,1-4H3. The average molecular weight is 1430 g/mol. The Kier molecular flexibility index (Phi) is 22.8. The molecule has 0 saturated carbocycles. The van der Waals surface area contributed by atoms with E-state index in [2.05, 4.69) is 220 Å². The molecule has 0 amide bonds. The lowest BCUT2D eigenvalue weighted by atomic mass is 9.99. The monoisotopic (exact) mass is 1430 g/mol. The van der Waals surface area contributed by atoms with Gasteiger partial charge in [0.25, 0.3) is 0 Å². The molecule has 9 heterocycles. The van der Waals surface area contributed by atoms with E-state index in [0.717, 1.165) is 47.8 Å². The molecule has 0 bridgehead atoms. The zero-order valence-electron chi connectivity index (χ0n) is 56.2. The average Bonchev–Trinajstić information content (AvgIpc) is 1.62. The minimum absolute atomic E-state index is 0.966. The van der Waals surface area contributed by atoms with Crippen molar-refractivity contribution in [2.24, 2.45) is 0 Å². The molecule has 5 aromatic carbocycles. The highest BCUT2D eigenvalue weighted by molar-refractivity contribution is 7.30. The summed E-state index contributed by atoms with van der Waals surface area (Å²) >= 11 is 16.5. The van der Waals surface area contributed by atoms with Gasteiger partial charge in [0.15, 0.2) is 0 Å². The van der Waals surface area contributed by atoms with Crippen LogP contribution in [0.3, 0.4) is 0 Å². The molecule has 0 aliphatic carbocycles. The van der Waals surface area contributed by atoms with Crippen LogP contribution in [-0.4, -0.2) is 8.75 Å². The normalized spacial score (nSPS) is 11.7. The summed E-state index contributed by atoms with van der Waals surface area (Å²) in [7, 11) is 0. The molecule has 14 rings (SSSR count). The molecular formula is C86H84N2S9. The van der Waals surface area contributed by atoms with Crippen molar-refractivity contribution >= 4 is 113 Å². The maximum atomic E-state index is 5.17. The molecule has 0 unspecified atom stereocenters. The van der Waals surface area contributed by atoms with E-state index in [-0.39, 0.29) is 0 Å². The van der Waals surface area contributed by atoms with Crippen molar-refractivity contribution in [2.45, 2.75) is 156 Å². The van der Waals surface area contributed by atoms with Crippen molar-refractivity contribution in [3.8, 4) is 124 Å². The molecule has 0 N–H and O–H groups in total. The fraction of sp³-hybridized carbons (Fsp3) is 0.279. The third-order valence-corrected chi connectivity index (χ3v) is 29.0. The SMILES string of the molecule is CCCCCCc1ccc(-c2ccsc2-c2ccc(-c3ccc(-c4sc(-c5ccc(-c6cc(-c7ccc(CCCCCC)cc7)c(-c7ccc(-c8ccc(-c9sccc9-c9ccc(CCCCCC)cc9)s8)s7)s6)c6nsnc56)cc4-c4ccc(CCCCCC)cc4)s3)s2)cc1. The summed E-state index contributed by atoms with van der Waals surface area (Å²) in [5.74, 6) is 0. The zero-order chi connectivity index (χ0) is 65.9. The molecule has 2 nitrogen and oxygen atoms in total. The molecule has 0 spiro atoms. The van der Waals surface area contributed by atoms with Crippen molar-refractivity contribution < 1.29 is 0 Å². The highest BCUT2D eigenvalue weighted by Gasteiger charge is 2.25. The highest BCUT2D eigenvalue weighted by Crippen LogP contribution is 2.53. The predicted molar refractivity (Wildman–Crippen MR) is 437 cm³/mol. The molecular weight excluding hydrogens is 1350 g/mol. The largest absolute Gasteiger partial charge is 0.172 e. The highest BCUT2D eigenvalue weighted by atomic mass is 32.1. The van der Waals surface area contributed by atoms with E-state index in [9.17, 15) is 0 Å². The smallest absolute Gasteiger partial charge is 0.114 e. The first-order valence-corrected chi connectivity index (χ1v) is 42.8. The molecule has 0 radical (unpaired) electrons. The first-order chi connectivity index (χ1) is 47.9. The lowest BCUT2D eigenvalue weighted by molar-refractivity contribution is 0.667. The number of aromatic nitrogens is 2. The number of nitrogens with zero attached hydrogens (tertiary/aromatic N) is 2. The minimum Gasteiger partial charge on any atom is -0.172 e. The molecule has 14 aromatic rings. The molecule has 0 aliphatic heterocycles. The Labute approximate surface area is 611 Å². The summed E-state index contributed by atoms with van der Waals surface area (Å²) in [4.78, 5) is 18.2. The number of aryl methyl sites for hydroxylation is 4. The molecule has 97 heavy (non-hydrogen) atoms. The van der Waals surface area contributed by atoms with Crippen LogP contribution in [0.1, 0.15) is 153 Å². The lowest BCUT2D eigenvalue weighted by Crippen LogP contribution is -1.86.